The van der Waals surface area contributed by atoms with E-state index in [1.165, 1.54) is 24.3 Å². The number of Topliss-reactive ketones (excluding diaryl/α,β-unsaturated/α-hetero) is 1. The summed E-state index contributed by atoms with van der Waals surface area (Å²) in [6.45, 7) is 0.361. The van der Waals surface area contributed by atoms with Gasteiger partial charge in [0.2, 0.25) is 5.78 Å². The van der Waals surface area contributed by atoms with Gasteiger partial charge < -0.3 is 4.74 Å². The third kappa shape index (κ3) is 3.78. The van der Waals surface area contributed by atoms with Gasteiger partial charge in [0.1, 0.15) is 12.4 Å². The van der Waals surface area contributed by atoms with Crippen molar-refractivity contribution in [1.29, 1.82) is 0 Å². The minimum atomic E-state index is -3.88. The van der Waals surface area contributed by atoms with Gasteiger partial charge in [0.05, 0.1) is 0 Å². The van der Waals surface area contributed by atoms with E-state index in [0.29, 0.717) is 12.4 Å². The zero-order valence-corrected chi connectivity index (χ0v) is 11.1. The van der Waals surface area contributed by atoms with Crippen LogP contribution in [0.4, 0.5) is 8.78 Å². The average Bonchev–Trinajstić information content (AvgIpc) is 2.45. The fourth-order valence-corrected chi connectivity index (χ4v) is 1.72. The Balaban J connectivity index is 2.00. The summed E-state index contributed by atoms with van der Waals surface area (Å²) in [6.07, 6.45) is 0. The van der Waals surface area contributed by atoms with Gasteiger partial charge in [0.15, 0.2) is 0 Å². The highest BCUT2D eigenvalue weighted by atomic mass is 35.5. The number of rotatable bonds is 5. The fourth-order valence-electron chi connectivity index (χ4n) is 1.61. The lowest BCUT2D eigenvalue weighted by molar-refractivity contribution is 0.0536. The van der Waals surface area contributed by atoms with Gasteiger partial charge in [-0.15, -0.1) is 0 Å². The van der Waals surface area contributed by atoms with Gasteiger partial charge in [-0.05, 0) is 41.4 Å². The van der Waals surface area contributed by atoms with Crippen molar-refractivity contribution in [3.8, 4) is 5.75 Å². The molecule has 0 N–H and O–H groups in total. The van der Waals surface area contributed by atoms with E-state index < -0.39 is 11.2 Å². The van der Waals surface area contributed by atoms with Crippen LogP contribution in [0.5, 0.6) is 5.75 Å². The third-order valence-corrected chi connectivity index (χ3v) is 2.79. The molecule has 0 aromatic heterocycles. The monoisotopic (exact) mass is 296 g/mol. The van der Waals surface area contributed by atoms with Gasteiger partial charge >= 0.3 is 5.38 Å². The predicted octanol–water partition coefficient (Wildman–Crippen LogP) is 4.28. The Morgan fingerprint density at radius 2 is 1.65 bits per heavy atom. The molecule has 0 fully saturated rings. The Bertz CT molecular complexity index is 577. The average molecular weight is 297 g/mol. The Hall–Kier alpha value is -1.94. The first-order chi connectivity index (χ1) is 9.47. The molecule has 0 aliphatic heterocycles. The van der Waals surface area contributed by atoms with Gasteiger partial charge in [-0.1, -0.05) is 30.3 Å². The highest BCUT2D eigenvalue weighted by Crippen LogP contribution is 2.25. The molecular formula is C15H11ClF2O2. The summed E-state index contributed by atoms with van der Waals surface area (Å²) in [4.78, 5) is 11.2. The van der Waals surface area contributed by atoms with E-state index in [0.717, 1.165) is 5.56 Å². The van der Waals surface area contributed by atoms with Crippen molar-refractivity contribution in [2.45, 2.75) is 12.0 Å². The van der Waals surface area contributed by atoms with Crippen molar-refractivity contribution in [2.24, 2.45) is 0 Å². The van der Waals surface area contributed by atoms with Crippen molar-refractivity contribution < 1.29 is 18.3 Å². The van der Waals surface area contributed by atoms with Crippen molar-refractivity contribution in [2.75, 3.05) is 0 Å². The van der Waals surface area contributed by atoms with E-state index in [4.69, 9.17) is 4.74 Å². The maximum atomic E-state index is 12.7. The number of halogens is 3. The van der Waals surface area contributed by atoms with Crippen LogP contribution in [0, 0.1) is 0 Å². The van der Waals surface area contributed by atoms with E-state index >= 15 is 0 Å². The summed E-state index contributed by atoms with van der Waals surface area (Å²) in [6, 6.07) is 14.9. The van der Waals surface area contributed by atoms with Gasteiger partial charge in [-0.25, -0.2) is 0 Å². The summed E-state index contributed by atoms with van der Waals surface area (Å²) < 4.78 is 30.8. The largest absolute Gasteiger partial charge is 0.489 e. The van der Waals surface area contributed by atoms with Crippen LogP contribution in [0.1, 0.15) is 15.9 Å². The van der Waals surface area contributed by atoms with Gasteiger partial charge in [-0.3, -0.25) is 4.79 Å². The molecular weight excluding hydrogens is 286 g/mol. The van der Waals surface area contributed by atoms with Crippen LogP contribution in [0.15, 0.2) is 54.6 Å². The Labute approximate surface area is 119 Å². The SMILES string of the molecule is O=C(c1ccc(OCc2ccccc2)cc1)C(F)(F)Cl. The summed E-state index contributed by atoms with van der Waals surface area (Å²) in [7, 11) is 0. The van der Waals surface area contributed by atoms with Gasteiger partial charge in [0.25, 0.3) is 0 Å². The number of ketones is 1. The molecule has 2 aromatic carbocycles. The van der Waals surface area contributed by atoms with Crippen LogP contribution in [0.3, 0.4) is 0 Å². The first-order valence-corrected chi connectivity index (χ1v) is 6.23. The number of hydrogen-bond acceptors (Lipinski definition) is 2. The standard InChI is InChI=1S/C15H11ClF2O2/c16-15(17,18)14(19)12-6-8-13(9-7-12)20-10-11-4-2-1-3-5-11/h1-9H,10H2. The second-order valence-electron chi connectivity index (χ2n) is 4.13. The number of alkyl halides is 3. The first-order valence-electron chi connectivity index (χ1n) is 5.85. The highest BCUT2D eigenvalue weighted by Gasteiger charge is 2.36. The van der Waals surface area contributed by atoms with Crippen LogP contribution < -0.4 is 4.74 Å². The molecule has 104 valence electrons. The minimum Gasteiger partial charge on any atom is -0.489 e. The van der Waals surface area contributed by atoms with Crippen LogP contribution in [0.25, 0.3) is 0 Å². The number of hydrogen-bond donors (Lipinski definition) is 0. The molecule has 0 bridgehead atoms. The number of ether oxygens (including phenoxy) is 1. The molecule has 0 amide bonds. The molecule has 0 heterocycles. The van der Waals surface area contributed by atoms with Crippen LogP contribution in [-0.2, 0) is 6.61 Å². The van der Waals surface area contributed by atoms with Crippen molar-refractivity contribution >= 4 is 17.4 Å². The number of carbonyl (C=O) groups excluding carboxylic acids is 1. The third-order valence-electron chi connectivity index (χ3n) is 2.62. The first kappa shape index (κ1) is 14.5. The summed E-state index contributed by atoms with van der Waals surface area (Å²) >= 11 is 4.69. The molecule has 0 saturated carbocycles. The van der Waals surface area contributed by atoms with Crippen molar-refractivity contribution in [3.63, 3.8) is 0 Å². The fraction of sp³-hybridized carbons (Fsp3) is 0.133. The maximum Gasteiger partial charge on any atom is 0.384 e. The van der Waals surface area contributed by atoms with E-state index in [1.54, 1.807) is 0 Å². The quantitative estimate of drug-likeness (QED) is 0.608. The second kappa shape index (κ2) is 6.01. The molecule has 0 unspecified atom stereocenters. The second-order valence-corrected chi connectivity index (χ2v) is 4.60. The molecule has 2 aromatic rings. The molecule has 0 saturated heterocycles. The topological polar surface area (TPSA) is 26.3 Å². The lowest BCUT2D eigenvalue weighted by Crippen LogP contribution is -2.21. The van der Waals surface area contributed by atoms with Crippen LogP contribution in [0.2, 0.25) is 0 Å². The molecule has 2 rings (SSSR count). The van der Waals surface area contributed by atoms with Crippen LogP contribution in [-0.4, -0.2) is 11.2 Å². The van der Waals surface area contributed by atoms with Gasteiger partial charge in [-0.2, -0.15) is 8.78 Å². The molecule has 0 radical (unpaired) electrons. The lowest BCUT2D eigenvalue weighted by atomic mass is 10.1. The smallest absolute Gasteiger partial charge is 0.384 e. The summed E-state index contributed by atoms with van der Waals surface area (Å²) in [5.41, 5.74) is 0.831. The number of carbonyl (C=O) groups is 1. The zero-order chi connectivity index (χ0) is 14.6. The molecule has 5 heteroatoms. The van der Waals surface area contributed by atoms with E-state index in [-0.39, 0.29) is 5.56 Å². The lowest BCUT2D eigenvalue weighted by Gasteiger charge is -2.09. The van der Waals surface area contributed by atoms with E-state index in [2.05, 4.69) is 11.6 Å². The van der Waals surface area contributed by atoms with Crippen molar-refractivity contribution in [1.82, 2.24) is 0 Å². The Morgan fingerprint density at radius 1 is 1.05 bits per heavy atom. The van der Waals surface area contributed by atoms with E-state index in [1.807, 2.05) is 30.3 Å². The van der Waals surface area contributed by atoms with Crippen LogP contribution >= 0.6 is 11.6 Å². The summed E-state index contributed by atoms with van der Waals surface area (Å²) in [5, 5.41) is -3.88. The van der Waals surface area contributed by atoms with Gasteiger partial charge in [0, 0.05) is 5.56 Å². The Kier molecular flexibility index (Phi) is 4.35. The molecule has 0 aliphatic carbocycles. The number of benzene rings is 2. The zero-order valence-electron chi connectivity index (χ0n) is 10.4. The molecule has 0 aliphatic rings. The predicted molar refractivity (Wildman–Crippen MR) is 72.3 cm³/mol. The summed E-state index contributed by atoms with van der Waals surface area (Å²) in [5.74, 6) is -0.933. The molecule has 0 atom stereocenters. The molecule has 2 nitrogen and oxygen atoms in total. The maximum absolute atomic E-state index is 12.7. The molecule has 0 spiro atoms. The van der Waals surface area contributed by atoms with Crippen molar-refractivity contribution in [3.05, 3.63) is 65.7 Å². The normalized spacial score (nSPS) is 11.2. The Morgan fingerprint density at radius 3 is 2.20 bits per heavy atom. The highest BCUT2D eigenvalue weighted by molar-refractivity contribution is 6.35. The van der Waals surface area contributed by atoms with E-state index in [9.17, 15) is 13.6 Å². The molecule has 20 heavy (non-hydrogen) atoms. The minimum absolute atomic E-state index is 0.155.